The molecule has 0 saturated carbocycles. The maximum absolute atomic E-state index is 14.2. The number of nitrogens with zero attached hydrogens (tertiary/aromatic N) is 3. The third-order valence-corrected chi connectivity index (χ3v) is 4.59. The monoisotopic (exact) mass is 391 g/mol. The van der Waals surface area contributed by atoms with Crippen LogP contribution in [0.25, 0.3) is 11.2 Å². The third-order valence-electron chi connectivity index (χ3n) is 4.59. The van der Waals surface area contributed by atoms with Gasteiger partial charge in [0.2, 0.25) is 11.6 Å². The van der Waals surface area contributed by atoms with Crippen LogP contribution in [0.4, 0.5) is 14.6 Å². The van der Waals surface area contributed by atoms with Gasteiger partial charge >= 0.3 is 6.01 Å². The lowest BCUT2D eigenvalue weighted by molar-refractivity contribution is 0.0699. The van der Waals surface area contributed by atoms with Crippen molar-refractivity contribution in [3.05, 3.63) is 30.1 Å². The summed E-state index contributed by atoms with van der Waals surface area (Å²) in [6.07, 6.45) is 3.40. The van der Waals surface area contributed by atoms with Gasteiger partial charge in [0.25, 0.3) is 0 Å². The number of hydrogen-bond acceptors (Lipinski definition) is 7. The molecule has 1 fully saturated rings. The molecule has 148 valence electrons. The van der Waals surface area contributed by atoms with Gasteiger partial charge in [-0.3, -0.25) is 0 Å². The highest BCUT2D eigenvalue weighted by Gasteiger charge is 2.19. The molecule has 4 rings (SSSR count). The van der Waals surface area contributed by atoms with Gasteiger partial charge < -0.3 is 24.5 Å². The van der Waals surface area contributed by atoms with Gasteiger partial charge in [0.05, 0.1) is 13.4 Å². The molecule has 0 amide bonds. The summed E-state index contributed by atoms with van der Waals surface area (Å²) in [5.41, 5.74) is 0.967. The highest BCUT2D eigenvalue weighted by molar-refractivity contribution is 5.82. The van der Waals surface area contributed by atoms with Crippen molar-refractivity contribution in [2.75, 3.05) is 32.2 Å². The minimum absolute atomic E-state index is 0.130. The van der Waals surface area contributed by atoms with Crippen molar-refractivity contribution in [1.82, 2.24) is 19.9 Å². The van der Waals surface area contributed by atoms with E-state index in [1.807, 2.05) is 0 Å². The number of nitrogens with one attached hydrogen (secondary N) is 2. The number of hydrogen-bond donors (Lipinski definition) is 2. The standard InChI is InChI=1S/C18H19F2N5O3/c1-26-11-2-3-12(14(20)13(11)19)28-18-24-16(15-17(25-18)23-9-22-15)21-8-10-4-6-27-7-5-10/h2-3,9-10H,4-8H2,1H3,(H2,21,22,23,24,25). The fourth-order valence-corrected chi connectivity index (χ4v) is 3.02. The molecule has 0 spiro atoms. The fraction of sp³-hybridized carbons (Fsp3) is 0.389. The number of imidazole rings is 1. The van der Waals surface area contributed by atoms with E-state index in [0.29, 0.717) is 29.4 Å². The van der Waals surface area contributed by atoms with Crippen LogP contribution in [0, 0.1) is 17.6 Å². The fourth-order valence-electron chi connectivity index (χ4n) is 3.02. The van der Waals surface area contributed by atoms with Crippen molar-refractivity contribution in [3.8, 4) is 17.5 Å². The molecule has 1 aliphatic heterocycles. The molecule has 2 N–H and O–H groups in total. The number of methoxy groups -OCH3 is 1. The van der Waals surface area contributed by atoms with Crippen molar-refractivity contribution in [1.29, 1.82) is 0 Å². The topological polar surface area (TPSA) is 94.2 Å². The molecule has 1 aromatic carbocycles. The van der Waals surface area contributed by atoms with Crippen molar-refractivity contribution >= 4 is 17.0 Å². The summed E-state index contributed by atoms with van der Waals surface area (Å²) in [6.45, 7) is 2.17. The second-order valence-electron chi connectivity index (χ2n) is 6.39. The highest BCUT2D eigenvalue weighted by atomic mass is 19.2. The number of aromatic nitrogens is 4. The summed E-state index contributed by atoms with van der Waals surface area (Å²) < 4.78 is 43.6. The molecular weight excluding hydrogens is 372 g/mol. The zero-order valence-electron chi connectivity index (χ0n) is 15.2. The smallest absolute Gasteiger partial charge is 0.326 e. The maximum atomic E-state index is 14.2. The largest absolute Gasteiger partial charge is 0.494 e. The molecule has 0 bridgehead atoms. The molecule has 28 heavy (non-hydrogen) atoms. The average Bonchev–Trinajstić information content (AvgIpc) is 3.19. The van der Waals surface area contributed by atoms with Crippen molar-refractivity contribution < 1.29 is 23.0 Å². The van der Waals surface area contributed by atoms with Crippen LogP contribution in [-0.2, 0) is 4.74 Å². The summed E-state index contributed by atoms with van der Waals surface area (Å²) in [4.78, 5) is 15.5. The summed E-state index contributed by atoms with van der Waals surface area (Å²) in [5, 5.41) is 3.26. The molecule has 8 nitrogen and oxygen atoms in total. The number of ether oxygens (including phenoxy) is 3. The van der Waals surface area contributed by atoms with Gasteiger partial charge in [-0.2, -0.15) is 18.7 Å². The van der Waals surface area contributed by atoms with Crippen LogP contribution in [-0.4, -0.2) is 46.8 Å². The van der Waals surface area contributed by atoms with Crippen molar-refractivity contribution in [2.24, 2.45) is 5.92 Å². The van der Waals surface area contributed by atoms with Gasteiger partial charge in [0, 0.05) is 19.8 Å². The molecular formula is C18H19F2N5O3. The first-order valence-corrected chi connectivity index (χ1v) is 8.88. The van der Waals surface area contributed by atoms with E-state index in [1.54, 1.807) is 0 Å². The Kier molecular flexibility index (Phi) is 5.20. The number of aromatic amines is 1. The molecule has 2 aromatic heterocycles. The Balaban J connectivity index is 1.58. The van der Waals surface area contributed by atoms with Crippen LogP contribution in [0.2, 0.25) is 0 Å². The number of benzene rings is 1. The van der Waals surface area contributed by atoms with Crippen LogP contribution < -0.4 is 14.8 Å². The zero-order chi connectivity index (χ0) is 19.5. The minimum atomic E-state index is -1.18. The van der Waals surface area contributed by atoms with Crippen LogP contribution in [0.5, 0.6) is 17.5 Å². The molecule has 1 saturated heterocycles. The summed E-state index contributed by atoms with van der Waals surface area (Å²) in [6, 6.07) is 2.40. The van der Waals surface area contributed by atoms with E-state index < -0.39 is 11.6 Å². The number of anilines is 1. The molecule has 0 radical (unpaired) electrons. The molecule has 1 aliphatic rings. The molecule has 3 heterocycles. The van der Waals surface area contributed by atoms with Gasteiger partial charge in [-0.1, -0.05) is 0 Å². The number of rotatable bonds is 6. The van der Waals surface area contributed by atoms with Gasteiger partial charge in [0.1, 0.15) is 5.52 Å². The predicted molar refractivity (Wildman–Crippen MR) is 96.7 cm³/mol. The second-order valence-corrected chi connectivity index (χ2v) is 6.39. The van der Waals surface area contributed by atoms with E-state index >= 15 is 0 Å². The van der Waals surface area contributed by atoms with Crippen LogP contribution in [0.1, 0.15) is 12.8 Å². The quantitative estimate of drug-likeness (QED) is 0.666. The summed E-state index contributed by atoms with van der Waals surface area (Å²) in [7, 11) is 1.25. The van der Waals surface area contributed by atoms with E-state index in [2.05, 4.69) is 25.3 Å². The second kappa shape index (κ2) is 7.93. The lowest BCUT2D eigenvalue weighted by atomic mass is 10.0. The molecule has 0 atom stereocenters. The molecule has 10 heteroatoms. The lowest BCUT2D eigenvalue weighted by Gasteiger charge is -2.22. The number of fused-ring (bicyclic) bond motifs is 1. The van der Waals surface area contributed by atoms with Crippen molar-refractivity contribution in [3.63, 3.8) is 0 Å². The Morgan fingerprint density at radius 1 is 1.18 bits per heavy atom. The Morgan fingerprint density at radius 2 is 1.93 bits per heavy atom. The van der Waals surface area contributed by atoms with Gasteiger partial charge in [-0.25, -0.2) is 4.98 Å². The first kappa shape index (κ1) is 18.4. The first-order valence-electron chi connectivity index (χ1n) is 8.88. The molecule has 3 aromatic rings. The lowest BCUT2D eigenvalue weighted by Crippen LogP contribution is -2.23. The number of H-pyrrole nitrogens is 1. The van der Waals surface area contributed by atoms with E-state index in [0.717, 1.165) is 26.1 Å². The van der Waals surface area contributed by atoms with E-state index in [4.69, 9.17) is 14.2 Å². The molecule has 0 aliphatic carbocycles. The Labute approximate surface area is 159 Å². The van der Waals surface area contributed by atoms with E-state index in [-0.39, 0.29) is 17.5 Å². The van der Waals surface area contributed by atoms with Gasteiger partial charge in [-0.15, -0.1) is 0 Å². The third kappa shape index (κ3) is 3.68. The zero-order valence-corrected chi connectivity index (χ0v) is 15.2. The van der Waals surface area contributed by atoms with Gasteiger partial charge in [-0.05, 0) is 30.9 Å². The Morgan fingerprint density at radius 3 is 2.71 bits per heavy atom. The first-order chi connectivity index (χ1) is 13.7. The highest BCUT2D eigenvalue weighted by Crippen LogP contribution is 2.31. The van der Waals surface area contributed by atoms with Crippen LogP contribution >= 0.6 is 0 Å². The Hall–Kier alpha value is -3.01. The molecule has 0 unspecified atom stereocenters. The summed E-state index contributed by atoms with van der Waals surface area (Å²) in [5.74, 6) is -1.96. The number of halogens is 2. The SMILES string of the molecule is COc1ccc(Oc2nc(NCC3CCOCC3)c3nc[nH]c3n2)c(F)c1F. The van der Waals surface area contributed by atoms with Crippen LogP contribution in [0.3, 0.4) is 0 Å². The van der Waals surface area contributed by atoms with Crippen LogP contribution in [0.15, 0.2) is 18.5 Å². The average molecular weight is 391 g/mol. The van der Waals surface area contributed by atoms with E-state index in [1.165, 1.54) is 25.6 Å². The predicted octanol–water partition coefficient (Wildman–Crippen LogP) is 3.27. The maximum Gasteiger partial charge on any atom is 0.326 e. The normalized spacial score (nSPS) is 15.0. The minimum Gasteiger partial charge on any atom is -0.494 e. The van der Waals surface area contributed by atoms with Gasteiger partial charge in [0.15, 0.2) is 23.0 Å². The van der Waals surface area contributed by atoms with Crippen molar-refractivity contribution in [2.45, 2.75) is 12.8 Å². The summed E-state index contributed by atoms with van der Waals surface area (Å²) >= 11 is 0. The Bertz CT molecular complexity index is 975. The van der Waals surface area contributed by atoms with E-state index in [9.17, 15) is 8.78 Å².